The van der Waals surface area contributed by atoms with Crippen molar-refractivity contribution in [1.82, 2.24) is 14.2 Å². The van der Waals surface area contributed by atoms with E-state index in [1.165, 1.54) is 24.4 Å². The lowest BCUT2D eigenvalue weighted by Crippen LogP contribution is -2.46. The van der Waals surface area contributed by atoms with Crippen LogP contribution in [-0.2, 0) is 26.2 Å². The summed E-state index contributed by atoms with van der Waals surface area (Å²) in [4.78, 5) is 28.9. The van der Waals surface area contributed by atoms with Crippen LogP contribution >= 0.6 is 11.6 Å². The van der Waals surface area contributed by atoms with Gasteiger partial charge in [-0.15, -0.1) is 11.6 Å². The molecule has 1 aliphatic rings. The van der Waals surface area contributed by atoms with E-state index in [4.69, 9.17) is 11.6 Å². The average Bonchev–Trinajstić information content (AvgIpc) is 3.37. The van der Waals surface area contributed by atoms with Crippen molar-refractivity contribution >= 4 is 39.1 Å². The summed E-state index contributed by atoms with van der Waals surface area (Å²) in [6, 6.07) is 13.7. The Bertz CT molecular complexity index is 1480. The van der Waals surface area contributed by atoms with Crippen LogP contribution in [0, 0.1) is 11.7 Å². The van der Waals surface area contributed by atoms with Gasteiger partial charge in [0.1, 0.15) is 11.7 Å². The fourth-order valence-corrected chi connectivity index (χ4v) is 6.71. The van der Waals surface area contributed by atoms with Crippen LogP contribution in [0.4, 0.5) is 10.1 Å². The molecule has 40 heavy (non-hydrogen) atoms. The Morgan fingerprint density at radius 1 is 1.10 bits per heavy atom. The molecule has 0 saturated carbocycles. The summed E-state index contributed by atoms with van der Waals surface area (Å²) in [5.74, 6) is -1.19. The molecule has 2 heterocycles. The topological polar surface area (TPSA) is 91.7 Å². The van der Waals surface area contributed by atoms with E-state index in [1.807, 2.05) is 13.8 Å². The number of alkyl halides is 1. The van der Waals surface area contributed by atoms with Crippen LogP contribution in [0.15, 0.2) is 65.7 Å². The first kappa shape index (κ1) is 29.8. The predicted octanol–water partition coefficient (Wildman–Crippen LogP) is 4.47. The van der Waals surface area contributed by atoms with Crippen molar-refractivity contribution < 1.29 is 22.4 Å². The van der Waals surface area contributed by atoms with Gasteiger partial charge in [0.05, 0.1) is 10.6 Å². The van der Waals surface area contributed by atoms with Gasteiger partial charge < -0.3 is 15.1 Å². The second-order valence-corrected chi connectivity index (χ2v) is 12.2. The Morgan fingerprint density at radius 3 is 2.42 bits per heavy atom. The molecule has 0 bridgehead atoms. The van der Waals surface area contributed by atoms with Crippen LogP contribution in [0.25, 0.3) is 11.3 Å². The molecule has 1 aliphatic heterocycles. The van der Waals surface area contributed by atoms with Crippen molar-refractivity contribution in [3.05, 3.63) is 72.2 Å². The Labute approximate surface area is 239 Å². The summed E-state index contributed by atoms with van der Waals surface area (Å²) in [6.07, 6.45) is 2.50. The molecule has 2 aromatic carbocycles. The number of benzene rings is 2. The zero-order valence-electron chi connectivity index (χ0n) is 22.8. The predicted molar refractivity (Wildman–Crippen MR) is 154 cm³/mol. The zero-order chi connectivity index (χ0) is 29.0. The molecule has 214 valence electrons. The van der Waals surface area contributed by atoms with Crippen molar-refractivity contribution in [2.45, 2.75) is 44.2 Å². The fourth-order valence-electron chi connectivity index (χ4n) is 5.11. The number of aromatic nitrogens is 1. The van der Waals surface area contributed by atoms with Crippen LogP contribution in [-0.4, -0.2) is 61.2 Å². The summed E-state index contributed by atoms with van der Waals surface area (Å²) in [5, 5.41) is 3.00. The molecule has 0 radical (unpaired) electrons. The van der Waals surface area contributed by atoms with E-state index in [9.17, 15) is 22.4 Å². The van der Waals surface area contributed by atoms with Gasteiger partial charge in [0.25, 0.3) is 10.0 Å². The normalized spacial score (nSPS) is 14.5. The number of likely N-dealkylation sites (tertiary alicyclic amines) is 1. The third-order valence-corrected chi connectivity index (χ3v) is 8.99. The van der Waals surface area contributed by atoms with Crippen LogP contribution in [0.2, 0.25) is 0 Å². The molecule has 2 amide bonds. The van der Waals surface area contributed by atoms with Crippen molar-refractivity contribution in [2.24, 2.45) is 5.92 Å². The molecular weight excluding hydrogens is 555 g/mol. The average molecular weight is 589 g/mol. The molecule has 1 saturated heterocycles. The van der Waals surface area contributed by atoms with Gasteiger partial charge in [-0.25, -0.2) is 16.8 Å². The van der Waals surface area contributed by atoms with Gasteiger partial charge in [-0.2, -0.15) is 0 Å². The lowest BCUT2D eigenvalue weighted by molar-refractivity contribution is -0.132. The van der Waals surface area contributed by atoms with Gasteiger partial charge in [-0.3, -0.25) is 9.59 Å². The number of hydrogen-bond acceptors (Lipinski definition) is 5. The minimum absolute atomic E-state index is 0.0184. The van der Waals surface area contributed by atoms with Gasteiger partial charge in [-0.1, -0.05) is 18.2 Å². The summed E-state index contributed by atoms with van der Waals surface area (Å²) >= 11 is 5.68. The minimum atomic E-state index is -4.16. The first-order valence-corrected chi connectivity index (χ1v) is 15.2. The molecule has 8 nitrogen and oxygen atoms in total. The number of rotatable bonds is 9. The second-order valence-electron chi connectivity index (χ2n) is 10.1. The van der Waals surface area contributed by atoms with Gasteiger partial charge in [0, 0.05) is 49.0 Å². The van der Waals surface area contributed by atoms with Gasteiger partial charge in [-0.05, 0) is 75.7 Å². The third-order valence-electron chi connectivity index (χ3n) is 7.09. The largest absolute Gasteiger partial charge is 0.342 e. The summed E-state index contributed by atoms with van der Waals surface area (Å²) < 4.78 is 43.8. The number of hydrogen-bond donors (Lipinski definition) is 1. The Balaban J connectivity index is 1.69. The molecule has 4 rings (SSSR count). The molecular formula is C29H34ClFN4O4S. The molecule has 0 atom stereocenters. The number of carbonyl (C=O) groups is 2. The number of nitrogens with zero attached hydrogens (tertiary/aromatic N) is 3. The molecule has 0 spiro atoms. The number of nitrogens with one attached hydrogen (secondary N) is 1. The lowest BCUT2D eigenvalue weighted by atomic mass is 9.94. The van der Waals surface area contributed by atoms with E-state index in [0.29, 0.717) is 43.7 Å². The minimum Gasteiger partial charge on any atom is -0.342 e. The van der Waals surface area contributed by atoms with Crippen molar-refractivity contribution in [2.75, 3.05) is 30.9 Å². The highest BCUT2D eigenvalue weighted by Gasteiger charge is 2.32. The number of piperidine rings is 1. The summed E-state index contributed by atoms with van der Waals surface area (Å²) in [7, 11) is -2.41. The molecule has 3 aromatic rings. The van der Waals surface area contributed by atoms with Crippen molar-refractivity contribution in [3.8, 4) is 11.3 Å². The standard InChI is InChI=1S/C29H34ClFN4O4S/c1-20(2)35(29(37)22-11-13-33(14-12-22)28(36)17-30)23-7-6-8-24(16-23)40(38,39)34-19-21(18-32-3)15-27(34)25-9-4-5-10-26(25)31/h4-10,15-16,19-20,22,32H,11-14,17-18H2,1-3H3. The monoisotopic (exact) mass is 588 g/mol. The maximum absolute atomic E-state index is 14.8. The zero-order valence-corrected chi connectivity index (χ0v) is 24.4. The quantitative estimate of drug-likeness (QED) is 0.373. The highest BCUT2D eigenvalue weighted by molar-refractivity contribution is 7.90. The highest BCUT2D eigenvalue weighted by Crippen LogP contribution is 2.32. The third kappa shape index (κ3) is 6.09. The SMILES string of the molecule is CNCc1cc(-c2ccccc2F)n(S(=O)(=O)c2cccc(N(C(=O)C3CCN(C(=O)CCl)CC3)C(C)C)c2)c1. The number of anilines is 1. The van der Waals surface area contributed by atoms with Crippen LogP contribution < -0.4 is 10.2 Å². The van der Waals surface area contributed by atoms with E-state index < -0.39 is 15.8 Å². The molecule has 1 fully saturated rings. The molecule has 0 aliphatic carbocycles. The van der Waals surface area contributed by atoms with Gasteiger partial charge >= 0.3 is 0 Å². The summed E-state index contributed by atoms with van der Waals surface area (Å²) in [5.41, 5.74) is 1.51. The van der Waals surface area contributed by atoms with E-state index >= 15 is 0 Å². The maximum Gasteiger partial charge on any atom is 0.268 e. The highest BCUT2D eigenvalue weighted by atomic mass is 35.5. The Kier molecular flexibility index (Phi) is 9.33. The van der Waals surface area contributed by atoms with E-state index in [1.54, 1.807) is 53.2 Å². The van der Waals surface area contributed by atoms with Crippen molar-refractivity contribution in [1.29, 1.82) is 0 Å². The van der Waals surface area contributed by atoms with E-state index in [2.05, 4.69) is 5.32 Å². The van der Waals surface area contributed by atoms with Crippen molar-refractivity contribution in [3.63, 3.8) is 0 Å². The maximum atomic E-state index is 14.8. The van der Waals surface area contributed by atoms with Crippen LogP contribution in [0.3, 0.4) is 0 Å². The van der Waals surface area contributed by atoms with Crippen LogP contribution in [0.1, 0.15) is 32.3 Å². The van der Waals surface area contributed by atoms with Crippen LogP contribution in [0.5, 0.6) is 0 Å². The first-order valence-electron chi connectivity index (χ1n) is 13.2. The second kappa shape index (κ2) is 12.5. The number of carbonyl (C=O) groups excluding carboxylic acids is 2. The van der Waals surface area contributed by atoms with E-state index in [0.717, 1.165) is 3.97 Å². The fraction of sp³-hybridized carbons (Fsp3) is 0.379. The molecule has 11 heteroatoms. The summed E-state index contributed by atoms with van der Waals surface area (Å²) in [6.45, 7) is 5.04. The lowest BCUT2D eigenvalue weighted by Gasteiger charge is -2.35. The molecule has 1 aromatic heterocycles. The Morgan fingerprint density at radius 2 is 1.80 bits per heavy atom. The van der Waals surface area contributed by atoms with Gasteiger partial charge in [0.15, 0.2) is 0 Å². The van der Waals surface area contributed by atoms with E-state index in [-0.39, 0.29) is 45.8 Å². The first-order chi connectivity index (χ1) is 19.1. The number of halogens is 2. The molecule has 0 unspecified atom stereocenters. The van der Waals surface area contributed by atoms with Gasteiger partial charge in [0.2, 0.25) is 11.8 Å². The smallest absolute Gasteiger partial charge is 0.268 e. The molecule has 1 N–H and O–H groups in total. The Hall–Kier alpha value is -3.21. The number of amides is 2.